The number of amidine groups is 1. The number of hydrogen-bond donors (Lipinski definition) is 3. The first-order chi connectivity index (χ1) is 9.27. The molecule has 5 nitrogen and oxygen atoms in total. The van der Waals surface area contributed by atoms with Gasteiger partial charge >= 0.3 is 0 Å². The number of hydrogen-bond acceptors (Lipinski definition) is 4. The van der Waals surface area contributed by atoms with Crippen molar-refractivity contribution in [2.45, 2.75) is 25.3 Å². The summed E-state index contributed by atoms with van der Waals surface area (Å²) in [7, 11) is 1.71. The monoisotopic (exact) mass is 265 g/mol. The summed E-state index contributed by atoms with van der Waals surface area (Å²) in [5, 5.41) is 15.2. The predicted octanol–water partition coefficient (Wildman–Crippen LogP) is 1.88. The Bertz CT molecular complexity index is 368. The molecule has 1 unspecified atom stereocenters. The van der Waals surface area contributed by atoms with E-state index in [9.17, 15) is 0 Å². The lowest BCUT2D eigenvalue weighted by Crippen LogP contribution is -2.27. The van der Waals surface area contributed by atoms with Gasteiger partial charge in [0, 0.05) is 26.2 Å². The Morgan fingerprint density at radius 2 is 2.11 bits per heavy atom. The first kappa shape index (κ1) is 15.5. The molecule has 106 valence electrons. The van der Waals surface area contributed by atoms with Crippen LogP contribution in [0.25, 0.3) is 0 Å². The molecule has 0 saturated carbocycles. The lowest BCUT2D eigenvalue weighted by Gasteiger charge is -2.18. The van der Waals surface area contributed by atoms with Gasteiger partial charge in [0.1, 0.15) is 5.84 Å². The average Bonchev–Trinajstić information content (AvgIpc) is 2.46. The van der Waals surface area contributed by atoms with E-state index in [1.165, 1.54) is 0 Å². The van der Waals surface area contributed by atoms with Crippen LogP contribution in [0.2, 0.25) is 0 Å². The van der Waals surface area contributed by atoms with Crippen molar-refractivity contribution in [3.63, 3.8) is 0 Å². The van der Waals surface area contributed by atoms with Gasteiger partial charge in [-0.25, -0.2) is 0 Å². The van der Waals surface area contributed by atoms with Crippen molar-refractivity contribution in [2.75, 3.05) is 20.3 Å². The molecule has 1 atom stereocenters. The topological polar surface area (TPSA) is 79.9 Å². The first-order valence-corrected chi connectivity index (χ1v) is 6.51. The molecule has 0 saturated heterocycles. The largest absolute Gasteiger partial charge is 0.409 e. The average molecular weight is 265 g/mol. The highest BCUT2D eigenvalue weighted by molar-refractivity contribution is 5.80. The molecular formula is C14H23N3O2. The fourth-order valence-corrected chi connectivity index (χ4v) is 1.89. The Labute approximate surface area is 114 Å². The van der Waals surface area contributed by atoms with Gasteiger partial charge in [-0.3, -0.25) is 0 Å². The molecule has 4 N–H and O–H groups in total. The van der Waals surface area contributed by atoms with Gasteiger partial charge in [-0.2, -0.15) is 0 Å². The van der Waals surface area contributed by atoms with Crippen LogP contribution in [0.5, 0.6) is 0 Å². The van der Waals surface area contributed by atoms with Gasteiger partial charge in [0.15, 0.2) is 0 Å². The summed E-state index contributed by atoms with van der Waals surface area (Å²) >= 11 is 0. The molecule has 0 heterocycles. The van der Waals surface area contributed by atoms with E-state index >= 15 is 0 Å². The maximum Gasteiger partial charge on any atom is 0.141 e. The number of unbranched alkanes of at least 4 members (excludes halogenated alkanes) is 1. The Hall–Kier alpha value is -1.59. The number of nitrogens with zero attached hydrogens (tertiary/aromatic N) is 1. The molecule has 0 radical (unpaired) electrons. The minimum Gasteiger partial charge on any atom is -0.409 e. The molecule has 0 bridgehead atoms. The molecule has 1 rings (SSSR count). The van der Waals surface area contributed by atoms with Gasteiger partial charge in [0.2, 0.25) is 0 Å². The fourth-order valence-electron chi connectivity index (χ4n) is 1.89. The molecule has 19 heavy (non-hydrogen) atoms. The van der Waals surface area contributed by atoms with E-state index in [1.807, 2.05) is 30.3 Å². The molecule has 0 spiro atoms. The maximum absolute atomic E-state index is 8.69. The zero-order valence-electron chi connectivity index (χ0n) is 11.4. The fraction of sp³-hybridized carbons (Fsp3) is 0.500. The highest BCUT2D eigenvalue weighted by Crippen LogP contribution is 2.16. The quantitative estimate of drug-likeness (QED) is 0.209. The van der Waals surface area contributed by atoms with Crippen molar-refractivity contribution in [1.29, 1.82) is 0 Å². The second kappa shape index (κ2) is 9.35. The van der Waals surface area contributed by atoms with Crippen LogP contribution in [0.4, 0.5) is 0 Å². The Morgan fingerprint density at radius 1 is 1.37 bits per heavy atom. The molecule has 0 aliphatic carbocycles. The second-order valence-electron chi connectivity index (χ2n) is 4.41. The van der Waals surface area contributed by atoms with Crippen LogP contribution in [0.15, 0.2) is 35.5 Å². The molecule has 5 heteroatoms. The molecule has 0 fully saturated rings. The highest BCUT2D eigenvalue weighted by Gasteiger charge is 2.12. The van der Waals surface area contributed by atoms with Crippen LogP contribution < -0.4 is 11.1 Å². The number of nitrogens with one attached hydrogen (secondary N) is 1. The third-order valence-electron chi connectivity index (χ3n) is 2.91. The van der Waals surface area contributed by atoms with E-state index in [1.54, 1.807) is 7.11 Å². The summed E-state index contributed by atoms with van der Waals surface area (Å²) < 4.78 is 5.02. The standard InChI is InChI=1S/C14H23N3O2/c1-19-10-6-5-9-16-13(11-14(15)17-18)12-7-3-2-4-8-12/h2-4,7-8,13,16,18H,5-6,9-11H2,1H3,(H2,15,17). The Morgan fingerprint density at radius 3 is 2.74 bits per heavy atom. The lowest BCUT2D eigenvalue weighted by atomic mass is 10.0. The van der Waals surface area contributed by atoms with Gasteiger partial charge in [-0.1, -0.05) is 35.5 Å². The lowest BCUT2D eigenvalue weighted by molar-refractivity contribution is 0.192. The van der Waals surface area contributed by atoms with Crippen molar-refractivity contribution < 1.29 is 9.94 Å². The molecule has 0 aromatic heterocycles. The molecule has 1 aromatic carbocycles. The molecule has 0 aliphatic heterocycles. The molecule has 0 aliphatic rings. The van der Waals surface area contributed by atoms with Gasteiger partial charge in [-0.15, -0.1) is 0 Å². The van der Waals surface area contributed by atoms with Crippen molar-refractivity contribution in [3.05, 3.63) is 35.9 Å². The summed E-state index contributed by atoms with van der Waals surface area (Å²) in [5.41, 5.74) is 6.74. The number of rotatable bonds is 9. The zero-order valence-corrected chi connectivity index (χ0v) is 11.4. The first-order valence-electron chi connectivity index (χ1n) is 6.51. The number of ether oxygens (including phenoxy) is 1. The number of benzene rings is 1. The Kier molecular flexibility index (Phi) is 7.62. The van der Waals surface area contributed by atoms with E-state index in [0.29, 0.717) is 6.42 Å². The Balaban J connectivity index is 2.50. The smallest absolute Gasteiger partial charge is 0.141 e. The third kappa shape index (κ3) is 6.22. The maximum atomic E-state index is 8.69. The van der Waals surface area contributed by atoms with Crippen LogP contribution in [0.1, 0.15) is 30.9 Å². The van der Waals surface area contributed by atoms with Gasteiger partial charge in [0.25, 0.3) is 0 Å². The summed E-state index contributed by atoms with van der Waals surface area (Å²) in [4.78, 5) is 0. The van der Waals surface area contributed by atoms with Crippen molar-refractivity contribution >= 4 is 5.84 Å². The minimum atomic E-state index is 0.0691. The van der Waals surface area contributed by atoms with Crippen LogP contribution >= 0.6 is 0 Å². The molecular weight excluding hydrogens is 242 g/mol. The molecule has 1 aromatic rings. The number of oxime groups is 1. The number of nitrogens with two attached hydrogens (primary N) is 1. The minimum absolute atomic E-state index is 0.0691. The second-order valence-corrected chi connectivity index (χ2v) is 4.41. The van der Waals surface area contributed by atoms with E-state index in [-0.39, 0.29) is 11.9 Å². The SMILES string of the molecule is COCCCCNC(CC(N)=NO)c1ccccc1. The summed E-state index contributed by atoms with van der Waals surface area (Å²) in [6, 6.07) is 10.1. The van der Waals surface area contributed by atoms with E-state index < -0.39 is 0 Å². The van der Waals surface area contributed by atoms with Crippen LogP contribution in [0, 0.1) is 0 Å². The van der Waals surface area contributed by atoms with E-state index in [2.05, 4.69) is 10.5 Å². The van der Waals surface area contributed by atoms with Crippen LogP contribution in [0.3, 0.4) is 0 Å². The summed E-state index contributed by atoms with van der Waals surface area (Å²) in [5.74, 6) is 0.234. The third-order valence-corrected chi connectivity index (χ3v) is 2.91. The van der Waals surface area contributed by atoms with Crippen LogP contribution in [-0.2, 0) is 4.74 Å². The predicted molar refractivity (Wildman–Crippen MR) is 76.3 cm³/mol. The molecule has 0 amide bonds. The van der Waals surface area contributed by atoms with Gasteiger partial charge in [0.05, 0.1) is 0 Å². The van der Waals surface area contributed by atoms with Crippen molar-refractivity contribution in [3.8, 4) is 0 Å². The summed E-state index contributed by atoms with van der Waals surface area (Å²) in [6.45, 7) is 1.65. The zero-order chi connectivity index (χ0) is 13.9. The van der Waals surface area contributed by atoms with Crippen molar-refractivity contribution in [1.82, 2.24) is 5.32 Å². The normalized spacial score (nSPS) is 13.4. The van der Waals surface area contributed by atoms with E-state index in [4.69, 9.17) is 15.7 Å². The van der Waals surface area contributed by atoms with E-state index in [0.717, 1.165) is 31.6 Å². The van der Waals surface area contributed by atoms with Gasteiger partial charge < -0.3 is 21.0 Å². The number of methoxy groups -OCH3 is 1. The highest BCUT2D eigenvalue weighted by atomic mass is 16.5. The summed E-state index contributed by atoms with van der Waals surface area (Å²) in [6.07, 6.45) is 2.55. The van der Waals surface area contributed by atoms with Gasteiger partial charge in [-0.05, 0) is 24.9 Å². The van der Waals surface area contributed by atoms with Crippen molar-refractivity contribution in [2.24, 2.45) is 10.9 Å². The van der Waals surface area contributed by atoms with Crippen LogP contribution in [-0.4, -0.2) is 31.3 Å².